The molecular formula is C28H34Cl2N2O5S. The summed E-state index contributed by atoms with van der Waals surface area (Å²) in [6.45, 7) is 2.11. The number of sulfonamides is 1. The molecule has 2 aliphatic rings. The van der Waals surface area contributed by atoms with Gasteiger partial charge in [-0.25, -0.2) is 12.7 Å². The number of piperidine rings is 1. The molecule has 10 heteroatoms. The predicted octanol–water partition coefficient (Wildman–Crippen LogP) is 5.73. The molecule has 2 fully saturated rings. The molecule has 0 unspecified atom stereocenters. The largest absolute Gasteiger partial charge is 0.481 e. The lowest BCUT2D eigenvalue weighted by Crippen LogP contribution is -2.55. The molecule has 4 rings (SSSR count). The third-order valence-corrected chi connectivity index (χ3v) is 10.5. The minimum atomic E-state index is -3.44. The zero-order valence-corrected chi connectivity index (χ0v) is 23.9. The molecule has 1 amide bonds. The molecule has 0 radical (unpaired) electrons. The van der Waals surface area contributed by atoms with Crippen molar-refractivity contribution in [2.24, 2.45) is 5.92 Å². The van der Waals surface area contributed by atoms with Crippen LogP contribution >= 0.6 is 23.2 Å². The minimum absolute atomic E-state index is 0.120. The summed E-state index contributed by atoms with van der Waals surface area (Å²) < 4.78 is 27.4. The molecule has 0 aromatic heterocycles. The second-order valence-corrected chi connectivity index (χ2v) is 13.5. The fourth-order valence-corrected chi connectivity index (χ4v) is 7.51. The van der Waals surface area contributed by atoms with Crippen LogP contribution in [0.5, 0.6) is 0 Å². The highest BCUT2D eigenvalue weighted by Gasteiger charge is 2.47. The molecule has 1 saturated heterocycles. The van der Waals surface area contributed by atoms with Gasteiger partial charge in [-0.1, -0.05) is 54.4 Å². The summed E-state index contributed by atoms with van der Waals surface area (Å²) >= 11 is 12.6. The Morgan fingerprint density at radius 3 is 2.37 bits per heavy atom. The molecule has 1 N–H and O–H groups in total. The van der Waals surface area contributed by atoms with Gasteiger partial charge in [0.15, 0.2) is 0 Å². The maximum atomic E-state index is 14.1. The summed E-state index contributed by atoms with van der Waals surface area (Å²) in [5.74, 6) is -1.79. The van der Waals surface area contributed by atoms with Crippen LogP contribution in [0, 0.1) is 5.92 Å². The molecule has 1 heterocycles. The normalized spacial score (nSPS) is 23.0. The lowest BCUT2D eigenvalue weighted by Gasteiger charge is -2.49. The second-order valence-electron chi connectivity index (χ2n) is 10.4. The molecule has 0 spiro atoms. The number of aliphatic carboxylic acids is 1. The van der Waals surface area contributed by atoms with Crippen LogP contribution in [-0.4, -0.2) is 59.5 Å². The Kier molecular flexibility index (Phi) is 9.07. The van der Waals surface area contributed by atoms with E-state index in [2.05, 4.69) is 0 Å². The van der Waals surface area contributed by atoms with Gasteiger partial charge in [0.2, 0.25) is 15.9 Å². The fourth-order valence-electron chi connectivity index (χ4n) is 5.57. The second kappa shape index (κ2) is 11.9. The van der Waals surface area contributed by atoms with E-state index in [1.165, 1.54) is 4.31 Å². The van der Waals surface area contributed by atoms with E-state index in [1.807, 2.05) is 42.2 Å². The van der Waals surface area contributed by atoms with Gasteiger partial charge in [-0.15, -0.1) is 0 Å². The topological polar surface area (TPSA) is 95.0 Å². The molecule has 1 aliphatic heterocycles. The van der Waals surface area contributed by atoms with Crippen LogP contribution in [0.15, 0.2) is 48.5 Å². The van der Waals surface area contributed by atoms with Gasteiger partial charge in [-0.3, -0.25) is 9.59 Å². The standard InChI is InChI=1S/C28H34Cl2N2O5S/c1-3-23(17-31(2)38(36,37)24-12-13-24)32-27(18-7-10-21(29)11-8-18)25(19-5-4-6-22(30)15-19)16-20(28(32)35)9-14-26(33)34/h4-8,10-11,15,20,23-25,27H,3,9,12-14,16-17H2,1-2H3,(H,33,34)/t20-,23-,25+,27+/m0/s1. The van der Waals surface area contributed by atoms with Crippen LogP contribution in [0.3, 0.4) is 0 Å². The Morgan fingerprint density at radius 1 is 1.11 bits per heavy atom. The summed E-state index contributed by atoms with van der Waals surface area (Å²) in [6, 6.07) is 14.1. The average Bonchev–Trinajstić information content (AvgIpc) is 3.73. The zero-order valence-electron chi connectivity index (χ0n) is 21.6. The third-order valence-electron chi connectivity index (χ3n) is 7.73. The van der Waals surface area contributed by atoms with Gasteiger partial charge in [0, 0.05) is 47.9 Å². The molecule has 2 aromatic carbocycles. The molecule has 1 saturated carbocycles. The van der Waals surface area contributed by atoms with Crippen molar-refractivity contribution in [3.05, 3.63) is 69.7 Å². The van der Waals surface area contributed by atoms with Crippen molar-refractivity contribution in [2.75, 3.05) is 13.6 Å². The van der Waals surface area contributed by atoms with Gasteiger partial charge in [0.25, 0.3) is 0 Å². The number of carboxylic acids is 1. The number of amides is 1. The number of halogens is 2. The number of carbonyl (C=O) groups excluding carboxylic acids is 1. The van der Waals surface area contributed by atoms with Gasteiger partial charge >= 0.3 is 5.97 Å². The average molecular weight is 582 g/mol. The number of rotatable bonds is 11. The van der Waals surface area contributed by atoms with E-state index in [-0.39, 0.29) is 36.5 Å². The van der Waals surface area contributed by atoms with E-state index in [0.29, 0.717) is 35.7 Å². The molecule has 0 bridgehead atoms. The Balaban J connectivity index is 1.80. The van der Waals surface area contributed by atoms with E-state index < -0.39 is 34.0 Å². The quantitative estimate of drug-likeness (QED) is 0.366. The van der Waals surface area contributed by atoms with Crippen LogP contribution in [-0.2, 0) is 19.6 Å². The maximum absolute atomic E-state index is 14.1. The molecule has 206 valence electrons. The van der Waals surface area contributed by atoms with E-state index in [9.17, 15) is 23.1 Å². The Hall–Kier alpha value is -2.13. The highest BCUT2D eigenvalue weighted by atomic mass is 35.5. The van der Waals surface area contributed by atoms with E-state index in [4.69, 9.17) is 23.2 Å². The van der Waals surface area contributed by atoms with Crippen LogP contribution in [0.1, 0.15) is 68.5 Å². The molecule has 1 aliphatic carbocycles. The fraction of sp³-hybridized carbons (Fsp3) is 0.500. The van der Waals surface area contributed by atoms with Crippen LogP contribution in [0.25, 0.3) is 0 Å². The van der Waals surface area contributed by atoms with Crippen LogP contribution in [0.2, 0.25) is 10.0 Å². The van der Waals surface area contributed by atoms with Crippen molar-refractivity contribution in [3.63, 3.8) is 0 Å². The smallest absolute Gasteiger partial charge is 0.303 e. The van der Waals surface area contributed by atoms with Crippen molar-refractivity contribution in [1.29, 1.82) is 0 Å². The number of likely N-dealkylation sites (tertiary alicyclic amines) is 1. The number of carboxylic acid groups (broad SMARTS) is 1. The van der Waals surface area contributed by atoms with Gasteiger partial charge < -0.3 is 10.0 Å². The Labute approximate surface area is 234 Å². The minimum Gasteiger partial charge on any atom is -0.481 e. The van der Waals surface area contributed by atoms with E-state index in [0.717, 1.165) is 11.1 Å². The zero-order chi connectivity index (χ0) is 27.6. The summed E-state index contributed by atoms with van der Waals surface area (Å²) in [4.78, 5) is 27.4. The number of carbonyl (C=O) groups is 2. The van der Waals surface area contributed by atoms with E-state index >= 15 is 0 Å². The van der Waals surface area contributed by atoms with Crippen molar-refractivity contribution >= 4 is 45.1 Å². The molecule has 2 aromatic rings. The van der Waals surface area contributed by atoms with Gasteiger partial charge in [0.1, 0.15) is 0 Å². The number of likely N-dealkylation sites (N-methyl/N-ethyl adjacent to an activating group) is 1. The van der Waals surface area contributed by atoms with Crippen LogP contribution < -0.4 is 0 Å². The Bertz CT molecular complexity index is 1270. The predicted molar refractivity (Wildman–Crippen MR) is 149 cm³/mol. The molecule has 4 atom stereocenters. The van der Waals surface area contributed by atoms with Crippen molar-refractivity contribution in [2.45, 2.75) is 68.7 Å². The van der Waals surface area contributed by atoms with Crippen molar-refractivity contribution < 1.29 is 23.1 Å². The number of nitrogens with zero attached hydrogens (tertiary/aromatic N) is 2. The van der Waals surface area contributed by atoms with Crippen molar-refractivity contribution in [1.82, 2.24) is 9.21 Å². The summed E-state index contributed by atoms with van der Waals surface area (Å²) in [7, 11) is -1.86. The van der Waals surface area contributed by atoms with Crippen LogP contribution in [0.4, 0.5) is 0 Å². The first-order valence-corrected chi connectivity index (χ1v) is 15.3. The first-order chi connectivity index (χ1) is 18.0. The van der Waals surface area contributed by atoms with Gasteiger partial charge in [-0.2, -0.15) is 0 Å². The summed E-state index contributed by atoms with van der Waals surface area (Å²) in [5.41, 5.74) is 1.83. The summed E-state index contributed by atoms with van der Waals surface area (Å²) in [5, 5.41) is 10.2. The number of benzene rings is 2. The number of hydrogen-bond donors (Lipinski definition) is 1. The summed E-state index contributed by atoms with van der Waals surface area (Å²) in [6.07, 6.45) is 2.41. The third kappa shape index (κ3) is 6.36. The highest BCUT2D eigenvalue weighted by Crippen LogP contribution is 2.48. The lowest BCUT2D eigenvalue weighted by atomic mass is 9.74. The van der Waals surface area contributed by atoms with Crippen molar-refractivity contribution in [3.8, 4) is 0 Å². The monoisotopic (exact) mass is 580 g/mol. The first-order valence-electron chi connectivity index (χ1n) is 13.0. The first kappa shape index (κ1) is 28.9. The number of hydrogen-bond acceptors (Lipinski definition) is 4. The molecule has 38 heavy (non-hydrogen) atoms. The van der Waals surface area contributed by atoms with E-state index in [1.54, 1.807) is 25.2 Å². The molecule has 7 nitrogen and oxygen atoms in total. The highest BCUT2D eigenvalue weighted by molar-refractivity contribution is 7.90. The van der Waals surface area contributed by atoms with Gasteiger partial charge in [-0.05, 0) is 67.5 Å². The van der Waals surface area contributed by atoms with Gasteiger partial charge in [0.05, 0.1) is 11.3 Å². The molecular weight excluding hydrogens is 547 g/mol. The lowest BCUT2D eigenvalue weighted by molar-refractivity contribution is -0.148. The Morgan fingerprint density at radius 2 is 1.79 bits per heavy atom. The maximum Gasteiger partial charge on any atom is 0.303 e. The SMILES string of the molecule is CC[C@@H](CN(C)S(=O)(=O)C1CC1)N1C(=O)[C@@H](CCC(=O)O)C[C@H](c2cccc(Cl)c2)[C@H]1c1ccc(Cl)cc1.